The zero-order valence-electron chi connectivity index (χ0n) is 13.9. The number of hydrogen-bond acceptors (Lipinski definition) is 4. The molecule has 24 heavy (non-hydrogen) atoms. The van der Waals surface area contributed by atoms with Gasteiger partial charge in [0.2, 0.25) is 5.91 Å². The molecular weight excluding hydrogens is 330 g/mol. The summed E-state index contributed by atoms with van der Waals surface area (Å²) < 4.78 is 5.67. The number of carbonyl (C=O) groups excluding carboxylic acids is 2. The van der Waals surface area contributed by atoms with Gasteiger partial charge in [-0.1, -0.05) is 23.7 Å². The Hall–Kier alpha value is -1.63. The summed E-state index contributed by atoms with van der Waals surface area (Å²) in [4.78, 5) is 30.7. The van der Waals surface area contributed by atoms with Gasteiger partial charge in [-0.3, -0.25) is 9.59 Å². The number of halogens is 1. The summed E-state index contributed by atoms with van der Waals surface area (Å²) >= 11 is 5.96. The van der Waals surface area contributed by atoms with Crippen molar-refractivity contribution < 1.29 is 14.3 Å². The molecule has 7 heteroatoms. The topological polar surface area (TPSA) is 53.1 Å². The van der Waals surface area contributed by atoms with Gasteiger partial charge in [0.05, 0.1) is 6.04 Å². The third-order valence-electron chi connectivity index (χ3n) is 4.75. The fourth-order valence-corrected chi connectivity index (χ4v) is 3.31. The minimum Gasteiger partial charge on any atom is -0.356 e. The van der Waals surface area contributed by atoms with Crippen LogP contribution in [0.3, 0.4) is 0 Å². The van der Waals surface area contributed by atoms with E-state index in [4.69, 9.17) is 16.3 Å². The number of benzene rings is 1. The Balaban J connectivity index is 1.84. The van der Waals surface area contributed by atoms with Crippen LogP contribution in [-0.2, 0) is 14.3 Å². The van der Waals surface area contributed by atoms with Gasteiger partial charge in [-0.05, 0) is 24.7 Å². The molecule has 2 atom stereocenters. The van der Waals surface area contributed by atoms with E-state index in [-0.39, 0.29) is 18.4 Å². The van der Waals surface area contributed by atoms with Crippen LogP contribution in [0.5, 0.6) is 0 Å². The van der Waals surface area contributed by atoms with Gasteiger partial charge < -0.3 is 19.4 Å². The maximum Gasteiger partial charge on any atom is 0.254 e. The molecule has 2 saturated heterocycles. The van der Waals surface area contributed by atoms with Crippen LogP contribution in [0, 0.1) is 0 Å². The van der Waals surface area contributed by atoms with E-state index in [0.717, 1.165) is 18.7 Å². The van der Waals surface area contributed by atoms with Crippen LogP contribution in [0.4, 0.5) is 0 Å². The number of morpholine rings is 1. The second-order valence-corrected chi connectivity index (χ2v) is 6.80. The molecule has 0 aliphatic carbocycles. The summed E-state index contributed by atoms with van der Waals surface area (Å²) in [5.74, 6) is -0.181. The predicted molar refractivity (Wildman–Crippen MR) is 90.8 cm³/mol. The highest BCUT2D eigenvalue weighted by atomic mass is 35.5. The molecule has 2 amide bonds. The predicted octanol–water partition coefficient (Wildman–Crippen LogP) is 1.01. The summed E-state index contributed by atoms with van der Waals surface area (Å²) in [6, 6.07) is 6.78. The van der Waals surface area contributed by atoms with Gasteiger partial charge >= 0.3 is 0 Å². The summed E-state index contributed by atoms with van der Waals surface area (Å²) in [5, 5.41) is 0.617. The van der Waals surface area contributed by atoms with E-state index in [2.05, 4.69) is 4.90 Å². The van der Waals surface area contributed by atoms with E-state index in [1.165, 1.54) is 0 Å². The Morgan fingerprint density at radius 1 is 1.12 bits per heavy atom. The van der Waals surface area contributed by atoms with Crippen molar-refractivity contribution in [1.82, 2.24) is 14.7 Å². The number of rotatable bonds is 2. The average molecular weight is 352 g/mol. The van der Waals surface area contributed by atoms with Crippen LogP contribution in [0.1, 0.15) is 11.6 Å². The Kier molecular flexibility index (Phi) is 5.08. The van der Waals surface area contributed by atoms with Gasteiger partial charge in [0.15, 0.2) is 6.10 Å². The molecule has 2 aliphatic heterocycles. The quantitative estimate of drug-likeness (QED) is 0.798. The van der Waals surface area contributed by atoms with Crippen molar-refractivity contribution in [1.29, 1.82) is 0 Å². The SMILES string of the molecule is CN1CCN(C(=O)[C@H]2OCC(=O)N(C)[C@H]2c2ccc(Cl)cc2)CC1. The maximum atomic E-state index is 13.0. The number of amides is 2. The first kappa shape index (κ1) is 17.2. The molecule has 1 aromatic carbocycles. The average Bonchev–Trinajstić information content (AvgIpc) is 2.58. The van der Waals surface area contributed by atoms with Crippen LogP contribution in [0.2, 0.25) is 5.02 Å². The number of carbonyl (C=O) groups is 2. The first-order valence-electron chi connectivity index (χ1n) is 8.07. The van der Waals surface area contributed by atoms with Crippen molar-refractivity contribution in [2.75, 3.05) is 46.9 Å². The number of hydrogen-bond donors (Lipinski definition) is 0. The van der Waals surface area contributed by atoms with Crippen LogP contribution >= 0.6 is 11.6 Å². The Labute approximate surface area is 146 Å². The van der Waals surface area contributed by atoms with E-state index < -0.39 is 12.1 Å². The summed E-state index contributed by atoms with van der Waals surface area (Å²) in [6.45, 7) is 2.99. The Morgan fingerprint density at radius 2 is 1.75 bits per heavy atom. The third kappa shape index (κ3) is 3.41. The van der Waals surface area contributed by atoms with Gasteiger partial charge in [0.1, 0.15) is 6.61 Å². The number of ether oxygens (including phenoxy) is 1. The Bertz CT molecular complexity index is 614. The molecule has 0 bridgehead atoms. The van der Waals surface area contributed by atoms with Gasteiger partial charge in [0, 0.05) is 38.2 Å². The van der Waals surface area contributed by atoms with Crippen LogP contribution in [-0.4, -0.2) is 79.5 Å². The maximum absolute atomic E-state index is 13.0. The molecule has 0 spiro atoms. The molecule has 0 N–H and O–H groups in total. The first-order chi connectivity index (χ1) is 11.5. The molecule has 3 rings (SSSR count). The van der Waals surface area contributed by atoms with Crippen molar-refractivity contribution in [2.24, 2.45) is 0 Å². The monoisotopic (exact) mass is 351 g/mol. The fraction of sp³-hybridized carbons (Fsp3) is 0.529. The zero-order valence-corrected chi connectivity index (χ0v) is 14.7. The highest BCUT2D eigenvalue weighted by molar-refractivity contribution is 6.30. The van der Waals surface area contributed by atoms with Crippen molar-refractivity contribution in [2.45, 2.75) is 12.1 Å². The van der Waals surface area contributed by atoms with Crippen molar-refractivity contribution >= 4 is 23.4 Å². The highest BCUT2D eigenvalue weighted by Gasteiger charge is 2.42. The lowest BCUT2D eigenvalue weighted by molar-refractivity contribution is -0.168. The van der Waals surface area contributed by atoms with Gasteiger partial charge in [-0.25, -0.2) is 0 Å². The molecule has 0 radical (unpaired) electrons. The molecular formula is C17H22ClN3O3. The second-order valence-electron chi connectivity index (χ2n) is 6.36. The normalized spacial score (nSPS) is 25.9. The molecule has 0 saturated carbocycles. The Morgan fingerprint density at radius 3 is 2.38 bits per heavy atom. The summed E-state index contributed by atoms with van der Waals surface area (Å²) in [5.41, 5.74) is 0.849. The second kappa shape index (κ2) is 7.09. The lowest BCUT2D eigenvalue weighted by Gasteiger charge is -2.41. The number of likely N-dealkylation sites (N-methyl/N-ethyl adjacent to an activating group) is 2. The number of piperazine rings is 1. The molecule has 0 unspecified atom stereocenters. The highest BCUT2D eigenvalue weighted by Crippen LogP contribution is 2.31. The van der Waals surface area contributed by atoms with Crippen LogP contribution in [0.25, 0.3) is 0 Å². The van der Waals surface area contributed by atoms with Crippen LogP contribution < -0.4 is 0 Å². The molecule has 1 aromatic rings. The summed E-state index contributed by atoms with van der Waals surface area (Å²) in [7, 11) is 3.76. The molecule has 2 heterocycles. The fourth-order valence-electron chi connectivity index (χ4n) is 3.18. The van der Waals surface area contributed by atoms with Crippen LogP contribution in [0.15, 0.2) is 24.3 Å². The lowest BCUT2D eigenvalue weighted by Crippen LogP contribution is -2.56. The largest absolute Gasteiger partial charge is 0.356 e. The van der Waals surface area contributed by atoms with E-state index >= 15 is 0 Å². The number of nitrogens with zero attached hydrogens (tertiary/aromatic N) is 3. The van der Waals surface area contributed by atoms with Crippen molar-refractivity contribution in [3.05, 3.63) is 34.9 Å². The molecule has 2 aliphatic rings. The van der Waals surface area contributed by atoms with Crippen molar-refractivity contribution in [3.8, 4) is 0 Å². The van der Waals surface area contributed by atoms with E-state index in [9.17, 15) is 9.59 Å². The molecule has 6 nitrogen and oxygen atoms in total. The third-order valence-corrected chi connectivity index (χ3v) is 5.01. The molecule has 0 aromatic heterocycles. The minimum absolute atomic E-state index is 0.0533. The minimum atomic E-state index is -0.683. The van der Waals surface area contributed by atoms with Gasteiger partial charge in [-0.2, -0.15) is 0 Å². The zero-order chi connectivity index (χ0) is 17.3. The first-order valence-corrected chi connectivity index (χ1v) is 8.45. The van der Waals surface area contributed by atoms with Crippen molar-refractivity contribution in [3.63, 3.8) is 0 Å². The van der Waals surface area contributed by atoms with E-state index in [1.807, 2.05) is 24.1 Å². The lowest BCUT2D eigenvalue weighted by atomic mass is 9.97. The molecule has 2 fully saturated rings. The van der Waals surface area contributed by atoms with E-state index in [1.54, 1.807) is 24.1 Å². The van der Waals surface area contributed by atoms with E-state index in [0.29, 0.717) is 18.1 Å². The summed E-state index contributed by atoms with van der Waals surface area (Å²) in [6.07, 6.45) is -0.683. The van der Waals surface area contributed by atoms with Gasteiger partial charge in [-0.15, -0.1) is 0 Å². The smallest absolute Gasteiger partial charge is 0.254 e. The molecule has 130 valence electrons. The standard InChI is InChI=1S/C17H22ClN3O3/c1-19-7-9-21(10-8-19)17(23)16-15(20(2)14(22)11-24-16)12-3-5-13(18)6-4-12/h3-6,15-16H,7-11H2,1-2H3/t15-,16-/m0/s1. The van der Waals surface area contributed by atoms with Gasteiger partial charge in [0.25, 0.3) is 5.91 Å².